The molecule has 0 bridgehead atoms. The third-order valence-corrected chi connectivity index (χ3v) is 6.29. The Morgan fingerprint density at radius 3 is 2.65 bits per heavy atom. The molecule has 11 heteroatoms. The molecule has 0 atom stereocenters. The number of amides is 1. The number of aryl methyl sites for hydroxylation is 1. The molecule has 2 aromatic carbocycles. The number of nitrogens with zero attached hydrogens (tertiary/aromatic N) is 2. The second kappa shape index (κ2) is 9.41. The third kappa shape index (κ3) is 5.37. The molecule has 0 saturated carbocycles. The van der Waals surface area contributed by atoms with Crippen molar-refractivity contribution in [2.45, 2.75) is 24.8 Å². The summed E-state index contributed by atoms with van der Waals surface area (Å²) in [5.74, 6) is -0.368. The van der Waals surface area contributed by atoms with Gasteiger partial charge in [-0.3, -0.25) is 9.59 Å². The summed E-state index contributed by atoms with van der Waals surface area (Å²) in [4.78, 5) is 29.1. The molecule has 0 unspecified atom stereocenters. The number of carbonyl (C=O) groups is 2. The average Bonchev–Trinajstić information content (AvgIpc) is 3.08. The van der Waals surface area contributed by atoms with Gasteiger partial charge in [-0.15, -0.1) is 0 Å². The zero-order chi connectivity index (χ0) is 22.6. The van der Waals surface area contributed by atoms with Crippen LogP contribution in [0.5, 0.6) is 5.75 Å². The fraction of sp³-hybridized carbons (Fsp3) is 0.250. The molecule has 9 nitrogen and oxygen atoms in total. The van der Waals surface area contributed by atoms with Crippen molar-refractivity contribution in [3.63, 3.8) is 0 Å². The van der Waals surface area contributed by atoms with Crippen LogP contribution in [-0.4, -0.2) is 38.6 Å². The Morgan fingerprint density at radius 1 is 1.19 bits per heavy atom. The number of rotatable bonds is 7. The molecule has 2 N–H and O–H groups in total. The van der Waals surface area contributed by atoms with E-state index in [1.54, 1.807) is 41.8 Å². The van der Waals surface area contributed by atoms with Crippen LogP contribution < -0.4 is 14.7 Å². The van der Waals surface area contributed by atoms with Gasteiger partial charge in [-0.1, -0.05) is 17.4 Å². The molecule has 164 valence electrons. The Kier molecular flexibility index (Phi) is 6.88. The maximum absolute atomic E-state index is 12.7. The fourth-order valence-electron chi connectivity index (χ4n) is 2.88. The summed E-state index contributed by atoms with van der Waals surface area (Å²) >= 11 is 1.12. The predicted octanol–water partition coefficient (Wildman–Crippen LogP) is 2.05. The number of carbonyl (C=O) groups excluding carboxylic acids is 2. The summed E-state index contributed by atoms with van der Waals surface area (Å²) < 4.78 is 35.8. The second-order valence-corrected chi connectivity index (χ2v) is 8.99. The Labute approximate surface area is 182 Å². The van der Waals surface area contributed by atoms with Gasteiger partial charge in [0.2, 0.25) is 10.0 Å². The molecule has 0 aliphatic heterocycles. The number of ether oxygens (including phenoxy) is 2. The highest BCUT2D eigenvalue weighted by molar-refractivity contribution is 7.89. The lowest BCUT2D eigenvalue weighted by molar-refractivity contribution is -0.143. The van der Waals surface area contributed by atoms with Gasteiger partial charge in [0.25, 0.3) is 5.91 Å². The first-order valence-corrected chi connectivity index (χ1v) is 11.6. The fourth-order valence-corrected chi connectivity index (χ4v) is 4.58. The lowest BCUT2D eigenvalue weighted by Gasteiger charge is -2.06. The highest BCUT2D eigenvalue weighted by atomic mass is 32.2. The van der Waals surface area contributed by atoms with Gasteiger partial charge < -0.3 is 14.0 Å². The third-order valence-electron chi connectivity index (χ3n) is 4.34. The number of methoxy groups -OCH3 is 1. The number of nitrogens with two attached hydrogens (primary N) is 1. The molecule has 3 rings (SSSR count). The van der Waals surface area contributed by atoms with Crippen LogP contribution in [0.3, 0.4) is 0 Å². The summed E-state index contributed by atoms with van der Waals surface area (Å²) in [5, 5.41) is 5.23. The number of hydrogen-bond donors (Lipinski definition) is 1. The van der Waals surface area contributed by atoms with E-state index < -0.39 is 15.9 Å². The van der Waals surface area contributed by atoms with E-state index in [1.165, 1.54) is 19.2 Å². The number of sulfonamides is 1. The number of hydrogen-bond acceptors (Lipinski definition) is 7. The van der Waals surface area contributed by atoms with E-state index in [-0.39, 0.29) is 30.4 Å². The smallest absolute Gasteiger partial charge is 0.307 e. The zero-order valence-electron chi connectivity index (χ0n) is 16.9. The van der Waals surface area contributed by atoms with Crippen LogP contribution in [0.4, 0.5) is 0 Å². The molecule has 3 aromatic rings. The first kappa shape index (κ1) is 22.7. The van der Waals surface area contributed by atoms with Crippen LogP contribution >= 0.6 is 11.3 Å². The molecular formula is C20H21N3O6S2. The van der Waals surface area contributed by atoms with Gasteiger partial charge in [-0.05, 0) is 43.3 Å². The quantitative estimate of drug-likeness (QED) is 0.534. The monoisotopic (exact) mass is 463 g/mol. The van der Waals surface area contributed by atoms with Crippen molar-refractivity contribution in [1.29, 1.82) is 0 Å². The minimum Gasteiger partial charge on any atom is -0.497 e. The summed E-state index contributed by atoms with van der Waals surface area (Å²) in [7, 11) is -2.39. The van der Waals surface area contributed by atoms with E-state index in [0.717, 1.165) is 11.3 Å². The van der Waals surface area contributed by atoms with E-state index in [9.17, 15) is 18.0 Å². The van der Waals surface area contributed by atoms with Crippen molar-refractivity contribution in [2.24, 2.45) is 10.1 Å². The Morgan fingerprint density at radius 2 is 1.97 bits per heavy atom. The molecule has 0 radical (unpaired) electrons. The van der Waals surface area contributed by atoms with Crippen LogP contribution in [0.1, 0.15) is 23.7 Å². The van der Waals surface area contributed by atoms with Gasteiger partial charge in [-0.25, -0.2) is 13.6 Å². The number of thiazole rings is 1. The van der Waals surface area contributed by atoms with Crippen LogP contribution in [0.2, 0.25) is 0 Å². The largest absolute Gasteiger partial charge is 0.497 e. The summed E-state index contributed by atoms with van der Waals surface area (Å²) in [5.41, 5.74) is 0.956. The van der Waals surface area contributed by atoms with Gasteiger partial charge in [0, 0.05) is 12.1 Å². The SMILES string of the molecule is CCOC(=O)CCn1c(=NC(=O)c2cccc(OC)c2)sc2cc(S(N)(=O)=O)ccc21. The first-order chi connectivity index (χ1) is 14.7. The van der Waals surface area contributed by atoms with Crippen molar-refractivity contribution < 1.29 is 27.5 Å². The molecule has 1 aromatic heterocycles. The second-order valence-electron chi connectivity index (χ2n) is 6.41. The summed E-state index contributed by atoms with van der Waals surface area (Å²) in [6, 6.07) is 10.9. The lowest BCUT2D eigenvalue weighted by Crippen LogP contribution is -2.19. The number of aromatic nitrogens is 1. The van der Waals surface area contributed by atoms with E-state index in [2.05, 4.69) is 4.99 Å². The van der Waals surface area contributed by atoms with Crippen molar-refractivity contribution in [3.05, 3.63) is 52.8 Å². The van der Waals surface area contributed by atoms with Gasteiger partial charge in [0.15, 0.2) is 4.80 Å². The minimum absolute atomic E-state index is 0.0514. The van der Waals surface area contributed by atoms with Crippen LogP contribution in [0.15, 0.2) is 52.4 Å². The van der Waals surface area contributed by atoms with Crippen LogP contribution in [0, 0.1) is 0 Å². The van der Waals surface area contributed by atoms with E-state index in [0.29, 0.717) is 26.3 Å². The molecule has 1 heterocycles. The van der Waals surface area contributed by atoms with Crippen molar-refractivity contribution in [2.75, 3.05) is 13.7 Å². The summed E-state index contributed by atoms with van der Waals surface area (Å²) in [6.45, 7) is 2.18. The predicted molar refractivity (Wildman–Crippen MR) is 115 cm³/mol. The maximum Gasteiger partial charge on any atom is 0.307 e. The zero-order valence-corrected chi connectivity index (χ0v) is 18.5. The molecule has 0 spiro atoms. The Bertz CT molecular complexity index is 1310. The van der Waals surface area contributed by atoms with Crippen LogP contribution in [-0.2, 0) is 26.1 Å². The highest BCUT2D eigenvalue weighted by Crippen LogP contribution is 2.22. The van der Waals surface area contributed by atoms with E-state index >= 15 is 0 Å². The Balaban J connectivity index is 2.10. The number of esters is 1. The van der Waals surface area contributed by atoms with Crippen molar-refractivity contribution in [3.8, 4) is 5.75 Å². The summed E-state index contributed by atoms with van der Waals surface area (Å²) in [6.07, 6.45) is 0.0666. The van der Waals surface area contributed by atoms with E-state index in [4.69, 9.17) is 14.6 Å². The molecule has 0 fully saturated rings. The van der Waals surface area contributed by atoms with Gasteiger partial charge in [-0.2, -0.15) is 4.99 Å². The molecule has 0 aliphatic rings. The van der Waals surface area contributed by atoms with E-state index in [1.807, 2.05) is 0 Å². The number of benzene rings is 2. The molecule has 1 amide bonds. The first-order valence-electron chi connectivity index (χ1n) is 9.28. The molecule has 0 saturated heterocycles. The minimum atomic E-state index is -3.89. The highest BCUT2D eigenvalue weighted by Gasteiger charge is 2.15. The lowest BCUT2D eigenvalue weighted by atomic mass is 10.2. The molecular weight excluding hydrogens is 442 g/mol. The standard InChI is InChI=1S/C20H21N3O6S2/c1-3-29-18(24)9-10-23-16-8-7-15(31(21,26)27)12-17(16)30-20(23)22-19(25)13-5-4-6-14(11-13)28-2/h4-8,11-12H,3,9-10H2,1-2H3,(H2,21,26,27). The van der Waals surface area contributed by atoms with Gasteiger partial charge >= 0.3 is 5.97 Å². The Hall–Kier alpha value is -3.02. The molecule has 31 heavy (non-hydrogen) atoms. The maximum atomic E-state index is 12.7. The van der Waals surface area contributed by atoms with Gasteiger partial charge in [0.1, 0.15) is 5.75 Å². The number of primary sulfonamides is 1. The molecule has 0 aliphatic carbocycles. The van der Waals surface area contributed by atoms with Gasteiger partial charge in [0.05, 0.1) is 35.2 Å². The normalized spacial score (nSPS) is 12.2. The number of fused-ring (bicyclic) bond motifs is 1. The topological polar surface area (TPSA) is 130 Å². The van der Waals surface area contributed by atoms with Crippen LogP contribution in [0.25, 0.3) is 10.2 Å². The average molecular weight is 464 g/mol. The van der Waals surface area contributed by atoms with Crippen molar-refractivity contribution in [1.82, 2.24) is 4.57 Å². The van der Waals surface area contributed by atoms with Crippen molar-refractivity contribution >= 4 is 43.5 Å².